The molecule has 0 aliphatic carbocycles. The number of aromatic nitrogens is 2. The van der Waals surface area contributed by atoms with Crippen molar-refractivity contribution >= 4 is 11.6 Å². The van der Waals surface area contributed by atoms with Gasteiger partial charge in [0, 0.05) is 0 Å². The number of hydrogen-bond donors (Lipinski definition) is 0. The van der Waals surface area contributed by atoms with E-state index in [0.717, 1.165) is 11.3 Å². The Morgan fingerprint density at radius 3 is 2.75 bits per heavy atom. The van der Waals surface area contributed by atoms with E-state index in [1.807, 2.05) is 6.92 Å². The summed E-state index contributed by atoms with van der Waals surface area (Å²) in [7, 11) is 0. The Hall–Kier alpha value is -1.29. The maximum absolute atomic E-state index is 5.46. The largest absolute Gasteiger partial charge is 0.469 e. The van der Waals surface area contributed by atoms with Crippen LogP contribution in [-0.2, 0) is 0 Å². The van der Waals surface area contributed by atoms with Crippen LogP contribution >= 0.6 is 11.6 Å². The molecule has 0 spiro atoms. The van der Waals surface area contributed by atoms with Gasteiger partial charge in [-0.15, -0.1) is 5.10 Å². The zero-order valence-corrected chi connectivity index (χ0v) is 7.00. The zero-order valence-electron chi connectivity index (χ0n) is 6.24. The first-order valence-electron chi connectivity index (χ1n) is 3.31. The zero-order chi connectivity index (χ0) is 8.55. The van der Waals surface area contributed by atoms with Gasteiger partial charge in [-0.3, -0.25) is 0 Å². The summed E-state index contributed by atoms with van der Waals surface area (Å²) in [6.45, 7) is 1.81. The van der Waals surface area contributed by atoms with Gasteiger partial charge in [-0.2, -0.15) is 0 Å². The van der Waals surface area contributed by atoms with Crippen molar-refractivity contribution in [3.8, 4) is 11.5 Å². The quantitative estimate of drug-likeness (QED) is 0.682. The Bertz CT molecular complexity index is 394. The van der Waals surface area contributed by atoms with Crippen LogP contribution in [0.5, 0.6) is 0 Å². The highest BCUT2D eigenvalue weighted by Crippen LogP contribution is 2.23. The third-order valence-electron chi connectivity index (χ3n) is 1.49. The van der Waals surface area contributed by atoms with E-state index in [0.29, 0.717) is 5.89 Å². The molecule has 0 atom stereocenters. The Kier molecular flexibility index (Phi) is 1.62. The molecule has 0 N–H and O–H groups in total. The lowest BCUT2D eigenvalue weighted by molar-refractivity contribution is 0.529. The predicted octanol–water partition coefficient (Wildman–Crippen LogP) is 2.29. The molecular formula is C7H5ClN2O2. The molecule has 0 aliphatic rings. The second-order valence-corrected chi connectivity index (χ2v) is 2.57. The number of halogens is 1. The summed E-state index contributed by atoms with van der Waals surface area (Å²) in [4.78, 5) is 0. The maximum atomic E-state index is 5.46. The molecule has 0 saturated carbocycles. The lowest BCUT2D eigenvalue weighted by Crippen LogP contribution is -1.76. The van der Waals surface area contributed by atoms with Gasteiger partial charge in [0.15, 0.2) is 0 Å². The van der Waals surface area contributed by atoms with Crippen molar-refractivity contribution in [3.05, 3.63) is 23.4 Å². The fraction of sp³-hybridized carbons (Fsp3) is 0.143. The highest BCUT2D eigenvalue weighted by molar-refractivity contribution is 6.27. The number of nitrogens with zero attached hydrogens (tertiary/aromatic N) is 2. The summed E-state index contributed by atoms with van der Waals surface area (Å²) >= 11 is 5.46. The van der Waals surface area contributed by atoms with Crippen molar-refractivity contribution in [2.75, 3.05) is 0 Å². The van der Waals surface area contributed by atoms with Crippen molar-refractivity contribution in [1.29, 1.82) is 0 Å². The minimum atomic E-state index is 0.0330. The van der Waals surface area contributed by atoms with E-state index < -0.39 is 0 Å². The smallest absolute Gasteiger partial charge is 0.313 e. The van der Waals surface area contributed by atoms with Gasteiger partial charge >= 0.3 is 5.35 Å². The topological polar surface area (TPSA) is 52.1 Å². The minimum Gasteiger partial charge on any atom is -0.469 e. The average Bonchev–Trinajstić information content (AvgIpc) is 2.58. The predicted molar refractivity (Wildman–Crippen MR) is 41.7 cm³/mol. The molecule has 0 bridgehead atoms. The summed E-state index contributed by atoms with van der Waals surface area (Å²) in [6.07, 6.45) is 1.56. The van der Waals surface area contributed by atoms with Gasteiger partial charge in [0.25, 0.3) is 5.89 Å². The van der Waals surface area contributed by atoms with E-state index in [2.05, 4.69) is 10.2 Å². The molecule has 5 heteroatoms. The summed E-state index contributed by atoms with van der Waals surface area (Å²) in [6, 6.07) is 1.75. The molecule has 2 aromatic heterocycles. The molecule has 0 aliphatic heterocycles. The van der Waals surface area contributed by atoms with Gasteiger partial charge in [0.1, 0.15) is 5.76 Å². The SMILES string of the molecule is Cc1occc1-c1nnc(Cl)o1. The third-order valence-corrected chi connectivity index (χ3v) is 1.64. The molecule has 0 radical (unpaired) electrons. The molecule has 0 fully saturated rings. The molecule has 0 aromatic carbocycles. The average molecular weight is 185 g/mol. The maximum Gasteiger partial charge on any atom is 0.313 e. The van der Waals surface area contributed by atoms with E-state index in [1.54, 1.807) is 12.3 Å². The van der Waals surface area contributed by atoms with Crippen molar-refractivity contribution in [1.82, 2.24) is 10.2 Å². The third kappa shape index (κ3) is 1.10. The number of rotatable bonds is 1. The lowest BCUT2D eigenvalue weighted by atomic mass is 10.3. The Balaban J connectivity index is 2.50. The van der Waals surface area contributed by atoms with Gasteiger partial charge in [-0.05, 0) is 24.6 Å². The van der Waals surface area contributed by atoms with Crippen molar-refractivity contribution in [2.24, 2.45) is 0 Å². The van der Waals surface area contributed by atoms with Gasteiger partial charge in [0.05, 0.1) is 11.8 Å². The summed E-state index contributed by atoms with van der Waals surface area (Å²) in [5.74, 6) is 1.11. The van der Waals surface area contributed by atoms with E-state index in [1.165, 1.54) is 0 Å². The van der Waals surface area contributed by atoms with Gasteiger partial charge in [0.2, 0.25) is 0 Å². The highest BCUT2D eigenvalue weighted by Gasteiger charge is 2.10. The van der Waals surface area contributed by atoms with Crippen LogP contribution in [0.1, 0.15) is 5.76 Å². The molecular weight excluding hydrogens is 180 g/mol. The molecule has 2 heterocycles. The fourth-order valence-electron chi connectivity index (χ4n) is 0.921. The van der Waals surface area contributed by atoms with Crippen molar-refractivity contribution < 1.29 is 8.83 Å². The first kappa shape index (κ1) is 7.36. The van der Waals surface area contributed by atoms with Crippen LogP contribution in [0, 0.1) is 6.92 Å². The molecule has 62 valence electrons. The lowest BCUT2D eigenvalue weighted by Gasteiger charge is -1.87. The Morgan fingerprint density at radius 1 is 1.42 bits per heavy atom. The molecule has 12 heavy (non-hydrogen) atoms. The first-order chi connectivity index (χ1) is 5.77. The highest BCUT2D eigenvalue weighted by atomic mass is 35.5. The van der Waals surface area contributed by atoms with Crippen LogP contribution in [0.25, 0.3) is 11.5 Å². The van der Waals surface area contributed by atoms with Crippen LogP contribution in [-0.4, -0.2) is 10.2 Å². The van der Waals surface area contributed by atoms with Crippen LogP contribution in [0.2, 0.25) is 5.35 Å². The van der Waals surface area contributed by atoms with E-state index >= 15 is 0 Å². The van der Waals surface area contributed by atoms with Gasteiger partial charge in [-0.25, -0.2) is 0 Å². The molecule has 2 aromatic rings. The van der Waals surface area contributed by atoms with Crippen molar-refractivity contribution in [3.63, 3.8) is 0 Å². The fourth-order valence-corrected chi connectivity index (χ4v) is 1.03. The molecule has 0 saturated heterocycles. The molecule has 4 nitrogen and oxygen atoms in total. The molecule has 2 rings (SSSR count). The summed E-state index contributed by atoms with van der Waals surface area (Å²) in [5.41, 5.74) is 0.773. The second kappa shape index (κ2) is 2.64. The van der Waals surface area contributed by atoms with E-state index in [4.69, 9.17) is 20.4 Å². The molecule has 0 amide bonds. The van der Waals surface area contributed by atoms with Crippen LogP contribution in [0.15, 0.2) is 21.2 Å². The Labute approximate surface area is 73.2 Å². The minimum absolute atomic E-state index is 0.0330. The Morgan fingerprint density at radius 2 is 2.25 bits per heavy atom. The van der Waals surface area contributed by atoms with Crippen LogP contribution in [0.4, 0.5) is 0 Å². The summed E-state index contributed by atoms with van der Waals surface area (Å²) in [5, 5.41) is 7.26. The summed E-state index contributed by atoms with van der Waals surface area (Å²) < 4.78 is 10.0. The molecule has 0 unspecified atom stereocenters. The van der Waals surface area contributed by atoms with Crippen LogP contribution in [0.3, 0.4) is 0 Å². The number of hydrogen-bond acceptors (Lipinski definition) is 4. The van der Waals surface area contributed by atoms with Gasteiger partial charge in [-0.1, -0.05) is 5.10 Å². The number of furan rings is 1. The normalized spacial score (nSPS) is 10.5. The van der Waals surface area contributed by atoms with E-state index in [-0.39, 0.29) is 5.35 Å². The van der Waals surface area contributed by atoms with Crippen LogP contribution < -0.4 is 0 Å². The standard InChI is InChI=1S/C7H5ClN2O2/c1-4-5(2-3-11-4)6-9-10-7(8)12-6/h2-3H,1H3. The first-order valence-corrected chi connectivity index (χ1v) is 3.68. The second-order valence-electron chi connectivity index (χ2n) is 2.25. The van der Waals surface area contributed by atoms with E-state index in [9.17, 15) is 0 Å². The number of aryl methyl sites for hydroxylation is 1. The monoisotopic (exact) mass is 184 g/mol. The van der Waals surface area contributed by atoms with Crippen molar-refractivity contribution in [2.45, 2.75) is 6.92 Å². The van der Waals surface area contributed by atoms with Gasteiger partial charge < -0.3 is 8.83 Å².